The largest absolute Gasteiger partial charge is 0.444 e. The van der Waals surface area contributed by atoms with E-state index in [0.29, 0.717) is 25.4 Å². The van der Waals surface area contributed by atoms with E-state index in [0.717, 1.165) is 11.6 Å². The number of nitrogens with zero attached hydrogens (tertiary/aromatic N) is 3. The number of hydrogen-bond donors (Lipinski definition) is 0. The monoisotopic (exact) mass is 337 g/mol. The molecule has 0 aromatic rings. The lowest BCUT2D eigenvalue weighted by Gasteiger charge is -2.28. The minimum atomic E-state index is -0.525. The molecule has 1 aliphatic carbocycles. The summed E-state index contributed by atoms with van der Waals surface area (Å²) < 4.78 is 5.33. The summed E-state index contributed by atoms with van der Waals surface area (Å²) in [6.07, 6.45) is 4.79. The van der Waals surface area contributed by atoms with Crippen LogP contribution in [-0.2, 0) is 9.53 Å². The number of carbonyl (C=O) groups excluding carboxylic acids is 2. The van der Waals surface area contributed by atoms with Gasteiger partial charge in [0.05, 0.1) is 18.7 Å². The van der Waals surface area contributed by atoms with E-state index in [2.05, 4.69) is 12.0 Å². The Hall–Kier alpha value is -1.59. The summed E-state index contributed by atoms with van der Waals surface area (Å²) in [5.41, 5.74) is 0.208. The third kappa shape index (κ3) is 5.49. The molecule has 0 saturated heterocycles. The van der Waals surface area contributed by atoms with Crippen LogP contribution < -0.4 is 0 Å². The lowest BCUT2D eigenvalue weighted by molar-refractivity contribution is -0.129. The second kappa shape index (κ2) is 7.53. The molecule has 0 N–H and O–H groups in total. The maximum atomic E-state index is 12.2. The average Bonchev–Trinajstić information content (AvgIpc) is 2.76. The number of amides is 2. The highest BCUT2D eigenvalue weighted by atomic mass is 16.6. The first-order chi connectivity index (χ1) is 11.1. The van der Waals surface area contributed by atoms with E-state index in [1.807, 2.05) is 20.8 Å². The van der Waals surface area contributed by atoms with Gasteiger partial charge in [0, 0.05) is 13.6 Å². The van der Waals surface area contributed by atoms with Crippen LogP contribution in [0.4, 0.5) is 4.79 Å². The predicted molar refractivity (Wildman–Crippen MR) is 93.8 cm³/mol. The first-order valence-electron chi connectivity index (χ1n) is 8.95. The molecule has 0 aromatic carbocycles. The van der Waals surface area contributed by atoms with E-state index in [-0.39, 0.29) is 5.91 Å². The Labute approximate surface area is 145 Å². The minimum absolute atomic E-state index is 0.0424. The van der Waals surface area contributed by atoms with Crippen LogP contribution in [0.2, 0.25) is 0 Å². The second-order valence-electron chi connectivity index (χ2n) is 8.29. The lowest BCUT2D eigenvalue weighted by Crippen LogP contribution is -2.37. The fraction of sp³-hybridized carbons (Fsp3) is 0.833. The predicted octanol–water partition coefficient (Wildman–Crippen LogP) is 3.27. The molecule has 6 nitrogen and oxygen atoms in total. The highest BCUT2D eigenvalue weighted by molar-refractivity contribution is 6.06. The van der Waals surface area contributed by atoms with Crippen LogP contribution >= 0.6 is 0 Å². The fourth-order valence-electron chi connectivity index (χ4n) is 3.41. The summed E-state index contributed by atoms with van der Waals surface area (Å²) in [6, 6.07) is 0. The van der Waals surface area contributed by atoms with E-state index in [1.165, 1.54) is 30.6 Å². The SMILES string of the molecule is CC1CCCC(CN2N=C(CN(C)C(=O)OC(C)(C)C)CC2=O)C1. The topological polar surface area (TPSA) is 62.2 Å². The Bertz CT molecular complexity index is 510. The molecule has 2 rings (SSSR count). The summed E-state index contributed by atoms with van der Waals surface area (Å²) in [6.45, 7) is 8.83. The van der Waals surface area contributed by atoms with Crippen LogP contribution in [0.5, 0.6) is 0 Å². The van der Waals surface area contributed by atoms with Gasteiger partial charge < -0.3 is 9.64 Å². The Kier molecular flexibility index (Phi) is 5.88. The maximum Gasteiger partial charge on any atom is 0.410 e. The zero-order valence-electron chi connectivity index (χ0n) is 15.7. The van der Waals surface area contributed by atoms with Crippen molar-refractivity contribution in [1.82, 2.24) is 9.91 Å². The second-order valence-corrected chi connectivity index (χ2v) is 8.29. The van der Waals surface area contributed by atoms with Gasteiger partial charge >= 0.3 is 6.09 Å². The zero-order valence-corrected chi connectivity index (χ0v) is 15.7. The highest BCUT2D eigenvalue weighted by Gasteiger charge is 2.30. The summed E-state index contributed by atoms with van der Waals surface area (Å²) in [4.78, 5) is 25.7. The lowest BCUT2D eigenvalue weighted by atomic mass is 9.82. The van der Waals surface area contributed by atoms with Gasteiger partial charge in [-0.1, -0.05) is 19.8 Å². The standard InChI is InChI=1S/C18H31N3O3/c1-13-7-6-8-14(9-13)11-21-16(22)10-15(19-21)12-20(5)17(23)24-18(2,3)4/h13-14H,6-12H2,1-5H3. The summed E-state index contributed by atoms with van der Waals surface area (Å²) >= 11 is 0. The Balaban J connectivity index is 1.87. The van der Waals surface area contributed by atoms with Gasteiger partial charge in [-0.25, -0.2) is 9.80 Å². The molecular weight excluding hydrogens is 306 g/mol. The van der Waals surface area contributed by atoms with Crippen LogP contribution in [0.15, 0.2) is 5.10 Å². The van der Waals surface area contributed by atoms with Crippen molar-refractivity contribution in [2.75, 3.05) is 20.1 Å². The molecular formula is C18H31N3O3. The van der Waals surface area contributed by atoms with Crippen molar-refractivity contribution in [3.8, 4) is 0 Å². The molecule has 0 bridgehead atoms. The molecule has 0 radical (unpaired) electrons. The van der Waals surface area contributed by atoms with Crippen molar-refractivity contribution >= 4 is 17.7 Å². The third-order valence-corrected chi connectivity index (χ3v) is 4.51. The number of hydrazone groups is 1. The first-order valence-corrected chi connectivity index (χ1v) is 8.95. The smallest absolute Gasteiger partial charge is 0.410 e. The normalized spacial score (nSPS) is 24.8. The van der Waals surface area contributed by atoms with Crippen molar-refractivity contribution in [2.45, 2.75) is 65.4 Å². The summed E-state index contributed by atoms with van der Waals surface area (Å²) in [5.74, 6) is 1.33. The first kappa shape index (κ1) is 18.7. The zero-order chi connectivity index (χ0) is 17.9. The molecule has 24 heavy (non-hydrogen) atoms. The van der Waals surface area contributed by atoms with Crippen LogP contribution in [-0.4, -0.2) is 53.4 Å². The quantitative estimate of drug-likeness (QED) is 0.791. The molecule has 2 amide bonds. The molecule has 0 aromatic heterocycles. The van der Waals surface area contributed by atoms with Gasteiger partial charge in [0.2, 0.25) is 5.91 Å². The molecule has 136 valence electrons. The van der Waals surface area contributed by atoms with Gasteiger partial charge in [-0.05, 0) is 45.4 Å². The minimum Gasteiger partial charge on any atom is -0.444 e. The summed E-state index contributed by atoms with van der Waals surface area (Å²) in [7, 11) is 1.67. The van der Waals surface area contributed by atoms with Gasteiger partial charge in [0.15, 0.2) is 0 Å². The van der Waals surface area contributed by atoms with Crippen molar-refractivity contribution in [3.63, 3.8) is 0 Å². The number of carbonyl (C=O) groups is 2. The molecule has 2 unspecified atom stereocenters. The molecule has 1 fully saturated rings. The molecule has 0 spiro atoms. The van der Waals surface area contributed by atoms with E-state index in [1.54, 1.807) is 12.1 Å². The Morgan fingerprint density at radius 3 is 2.71 bits per heavy atom. The summed E-state index contributed by atoms with van der Waals surface area (Å²) in [5, 5.41) is 6.07. The highest BCUT2D eigenvalue weighted by Crippen LogP contribution is 2.30. The fourth-order valence-corrected chi connectivity index (χ4v) is 3.41. The number of rotatable bonds is 4. The number of ether oxygens (including phenoxy) is 1. The molecule has 2 aliphatic rings. The van der Waals surface area contributed by atoms with Crippen molar-refractivity contribution in [2.24, 2.45) is 16.9 Å². The van der Waals surface area contributed by atoms with E-state index >= 15 is 0 Å². The van der Waals surface area contributed by atoms with Crippen molar-refractivity contribution in [1.29, 1.82) is 0 Å². The van der Waals surface area contributed by atoms with E-state index < -0.39 is 11.7 Å². The van der Waals surface area contributed by atoms with E-state index in [9.17, 15) is 9.59 Å². The maximum absolute atomic E-state index is 12.2. The molecule has 6 heteroatoms. The molecule has 1 aliphatic heterocycles. The van der Waals surface area contributed by atoms with Crippen LogP contribution in [0.1, 0.15) is 59.8 Å². The van der Waals surface area contributed by atoms with Crippen molar-refractivity contribution < 1.29 is 14.3 Å². The van der Waals surface area contributed by atoms with Crippen LogP contribution in [0, 0.1) is 11.8 Å². The van der Waals surface area contributed by atoms with Crippen LogP contribution in [0.3, 0.4) is 0 Å². The Morgan fingerprint density at radius 2 is 2.08 bits per heavy atom. The van der Waals surface area contributed by atoms with Gasteiger partial charge in [0.25, 0.3) is 0 Å². The third-order valence-electron chi connectivity index (χ3n) is 4.51. The average molecular weight is 337 g/mol. The van der Waals surface area contributed by atoms with Crippen LogP contribution in [0.25, 0.3) is 0 Å². The van der Waals surface area contributed by atoms with E-state index in [4.69, 9.17) is 4.74 Å². The van der Waals surface area contributed by atoms with Gasteiger partial charge in [-0.15, -0.1) is 0 Å². The Morgan fingerprint density at radius 1 is 1.38 bits per heavy atom. The van der Waals surface area contributed by atoms with Gasteiger partial charge in [-0.2, -0.15) is 5.10 Å². The molecule has 1 saturated carbocycles. The van der Waals surface area contributed by atoms with Crippen molar-refractivity contribution in [3.05, 3.63) is 0 Å². The van der Waals surface area contributed by atoms with Gasteiger partial charge in [-0.3, -0.25) is 4.79 Å². The number of hydrogen-bond acceptors (Lipinski definition) is 4. The van der Waals surface area contributed by atoms with Gasteiger partial charge in [0.1, 0.15) is 5.60 Å². The molecule has 1 heterocycles. The molecule has 2 atom stereocenters.